The lowest BCUT2D eigenvalue weighted by molar-refractivity contribution is 0.333. The summed E-state index contributed by atoms with van der Waals surface area (Å²) in [6.45, 7) is 1.13. The van der Waals surface area contributed by atoms with Gasteiger partial charge in [-0.25, -0.2) is 4.98 Å². The van der Waals surface area contributed by atoms with Gasteiger partial charge in [0.1, 0.15) is 18.2 Å². The van der Waals surface area contributed by atoms with Crippen LogP contribution in [0.1, 0.15) is 0 Å². The largest absolute Gasteiger partial charge is 0.492 e. The molecule has 0 fully saturated rings. The number of nitrogens with one attached hydrogen (secondary N) is 1. The van der Waals surface area contributed by atoms with Crippen molar-refractivity contribution in [3.05, 3.63) is 47.6 Å². The fourth-order valence-corrected chi connectivity index (χ4v) is 1.65. The van der Waals surface area contributed by atoms with E-state index in [-0.39, 0.29) is 0 Å². The number of pyridine rings is 1. The van der Waals surface area contributed by atoms with Crippen LogP contribution in [-0.4, -0.2) is 18.1 Å². The van der Waals surface area contributed by atoms with E-state index < -0.39 is 0 Å². The van der Waals surface area contributed by atoms with Crippen molar-refractivity contribution in [3.8, 4) is 5.75 Å². The highest BCUT2D eigenvalue weighted by atomic mass is 35.5. The lowest BCUT2D eigenvalue weighted by Gasteiger charge is -2.09. The van der Waals surface area contributed by atoms with Crippen molar-refractivity contribution in [3.63, 3.8) is 0 Å². The summed E-state index contributed by atoms with van der Waals surface area (Å²) in [5.41, 5.74) is 6.34. The van der Waals surface area contributed by atoms with Gasteiger partial charge in [0.05, 0.1) is 11.6 Å². The van der Waals surface area contributed by atoms with Crippen LogP contribution in [0.5, 0.6) is 5.75 Å². The smallest absolute Gasteiger partial charge is 0.144 e. The molecule has 0 aliphatic heterocycles. The van der Waals surface area contributed by atoms with Crippen LogP contribution in [-0.2, 0) is 0 Å². The number of aromatic nitrogens is 1. The van der Waals surface area contributed by atoms with E-state index in [9.17, 15) is 0 Å². The van der Waals surface area contributed by atoms with Crippen LogP contribution in [0.25, 0.3) is 0 Å². The van der Waals surface area contributed by atoms with Crippen LogP contribution >= 0.6 is 11.6 Å². The van der Waals surface area contributed by atoms with E-state index in [1.54, 1.807) is 24.4 Å². The maximum absolute atomic E-state index is 5.96. The molecule has 0 radical (unpaired) electrons. The molecule has 4 nitrogen and oxygen atoms in total. The molecule has 0 atom stereocenters. The Morgan fingerprint density at radius 2 is 2.17 bits per heavy atom. The van der Waals surface area contributed by atoms with Gasteiger partial charge in [-0.15, -0.1) is 0 Å². The highest BCUT2D eigenvalue weighted by Crippen LogP contribution is 2.17. The first-order chi connectivity index (χ1) is 8.75. The number of nitrogens with zero attached hydrogens (tertiary/aromatic N) is 1. The number of hydrogen-bond donors (Lipinski definition) is 2. The summed E-state index contributed by atoms with van der Waals surface area (Å²) in [5, 5.41) is 3.70. The van der Waals surface area contributed by atoms with Gasteiger partial charge in [-0.2, -0.15) is 0 Å². The summed E-state index contributed by atoms with van der Waals surface area (Å²) in [6.07, 6.45) is 1.69. The SMILES string of the molecule is Nc1cccc(OCCNc2ncccc2Cl)c1. The van der Waals surface area contributed by atoms with Crippen LogP contribution in [0.3, 0.4) is 0 Å². The zero-order valence-electron chi connectivity index (χ0n) is 9.77. The molecule has 0 aliphatic rings. The second kappa shape index (κ2) is 6.12. The van der Waals surface area contributed by atoms with Crippen molar-refractivity contribution < 1.29 is 4.74 Å². The van der Waals surface area contributed by atoms with Crippen LogP contribution in [0.2, 0.25) is 5.02 Å². The molecule has 0 aliphatic carbocycles. The number of rotatable bonds is 5. The Morgan fingerprint density at radius 3 is 2.94 bits per heavy atom. The minimum Gasteiger partial charge on any atom is -0.492 e. The summed E-state index contributed by atoms with van der Waals surface area (Å²) in [4.78, 5) is 4.12. The third kappa shape index (κ3) is 3.53. The highest BCUT2D eigenvalue weighted by molar-refractivity contribution is 6.32. The quantitative estimate of drug-likeness (QED) is 0.643. The van der Waals surface area contributed by atoms with Crippen LogP contribution in [0.4, 0.5) is 11.5 Å². The number of halogens is 1. The van der Waals surface area contributed by atoms with E-state index in [4.69, 9.17) is 22.1 Å². The minimum atomic E-state index is 0.510. The van der Waals surface area contributed by atoms with Crippen molar-refractivity contribution in [2.24, 2.45) is 0 Å². The van der Waals surface area contributed by atoms with Gasteiger partial charge in [-0.3, -0.25) is 0 Å². The van der Waals surface area contributed by atoms with E-state index in [2.05, 4.69) is 10.3 Å². The van der Waals surface area contributed by atoms with Gasteiger partial charge in [0, 0.05) is 18.0 Å². The molecule has 1 aromatic carbocycles. The zero-order valence-corrected chi connectivity index (χ0v) is 10.5. The third-order valence-electron chi connectivity index (χ3n) is 2.28. The monoisotopic (exact) mass is 263 g/mol. The van der Waals surface area contributed by atoms with Gasteiger partial charge in [0.2, 0.25) is 0 Å². The molecule has 0 saturated carbocycles. The molecule has 5 heteroatoms. The average molecular weight is 264 g/mol. The molecule has 0 saturated heterocycles. The maximum Gasteiger partial charge on any atom is 0.144 e. The molecule has 94 valence electrons. The number of nitrogen functional groups attached to an aromatic ring is 1. The van der Waals surface area contributed by atoms with Gasteiger partial charge in [-0.1, -0.05) is 17.7 Å². The van der Waals surface area contributed by atoms with E-state index in [1.807, 2.05) is 18.2 Å². The van der Waals surface area contributed by atoms with Crippen molar-refractivity contribution in [1.29, 1.82) is 0 Å². The first-order valence-electron chi connectivity index (χ1n) is 5.58. The molecule has 2 rings (SSSR count). The second-order valence-electron chi connectivity index (χ2n) is 3.68. The molecule has 1 aromatic heterocycles. The Balaban J connectivity index is 1.78. The van der Waals surface area contributed by atoms with Crippen LogP contribution < -0.4 is 15.8 Å². The zero-order chi connectivity index (χ0) is 12.8. The van der Waals surface area contributed by atoms with E-state index in [0.29, 0.717) is 29.7 Å². The van der Waals surface area contributed by atoms with Gasteiger partial charge < -0.3 is 15.8 Å². The van der Waals surface area contributed by atoms with Gasteiger partial charge in [0.15, 0.2) is 0 Å². The van der Waals surface area contributed by atoms with Crippen molar-refractivity contribution >= 4 is 23.1 Å². The first kappa shape index (κ1) is 12.5. The van der Waals surface area contributed by atoms with Gasteiger partial charge >= 0.3 is 0 Å². The summed E-state index contributed by atoms with van der Waals surface area (Å²) in [5.74, 6) is 1.42. The minimum absolute atomic E-state index is 0.510. The fourth-order valence-electron chi connectivity index (χ4n) is 1.46. The molecule has 3 N–H and O–H groups in total. The molecule has 18 heavy (non-hydrogen) atoms. The number of ether oxygens (including phenoxy) is 1. The number of anilines is 2. The maximum atomic E-state index is 5.96. The predicted octanol–water partition coefficient (Wildman–Crippen LogP) is 2.81. The third-order valence-corrected chi connectivity index (χ3v) is 2.58. The van der Waals surface area contributed by atoms with Crippen LogP contribution in [0, 0.1) is 0 Å². The summed E-state index contributed by atoms with van der Waals surface area (Å²) in [6, 6.07) is 10.9. The lowest BCUT2D eigenvalue weighted by Crippen LogP contribution is -2.12. The predicted molar refractivity (Wildman–Crippen MR) is 74.1 cm³/mol. The summed E-state index contributed by atoms with van der Waals surface area (Å²) in [7, 11) is 0. The molecule has 1 heterocycles. The molecular weight excluding hydrogens is 250 g/mol. The first-order valence-corrected chi connectivity index (χ1v) is 5.96. The lowest BCUT2D eigenvalue weighted by atomic mass is 10.3. The standard InChI is InChI=1S/C13H14ClN3O/c14-12-5-2-6-16-13(12)17-7-8-18-11-4-1-3-10(15)9-11/h1-6,9H,7-8,15H2,(H,16,17). The Kier molecular flexibility index (Phi) is 4.25. The Bertz CT molecular complexity index is 519. The van der Waals surface area contributed by atoms with Crippen molar-refractivity contribution in [2.45, 2.75) is 0 Å². The second-order valence-corrected chi connectivity index (χ2v) is 4.09. The van der Waals surface area contributed by atoms with Crippen LogP contribution in [0.15, 0.2) is 42.6 Å². The van der Waals surface area contributed by atoms with Gasteiger partial charge in [0.25, 0.3) is 0 Å². The number of nitrogens with two attached hydrogens (primary N) is 1. The highest BCUT2D eigenvalue weighted by Gasteiger charge is 1.99. The van der Waals surface area contributed by atoms with Gasteiger partial charge in [-0.05, 0) is 24.3 Å². The number of hydrogen-bond acceptors (Lipinski definition) is 4. The Labute approximate surface area is 111 Å². The van der Waals surface area contributed by atoms with E-state index in [1.165, 1.54) is 0 Å². The summed E-state index contributed by atoms with van der Waals surface area (Å²) >= 11 is 5.96. The fraction of sp³-hybridized carbons (Fsp3) is 0.154. The Hall–Kier alpha value is -1.94. The van der Waals surface area contributed by atoms with Crippen molar-refractivity contribution in [1.82, 2.24) is 4.98 Å². The summed E-state index contributed by atoms with van der Waals surface area (Å²) < 4.78 is 5.54. The topological polar surface area (TPSA) is 60.2 Å². The molecule has 0 spiro atoms. The van der Waals surface area contributed by atoms with Crippen molar-refractivity contribution in [2.75, 3.05) is 24.2 Å². The number of benzene rings is 1. The molecule has 0 amide bonds. The molecule has 0 bridgehead atoms. The molecule has 0 unspecified atom stereocenters. The average Bonchev–Trinajstić information content (AvgIpc) is 2.37. The van der Waals surface area contributed by atoms with E-state index in [0.717, 1.165) is 5.75 Å². The molecular formula is C13H14ClN3O. The normalized spacial score (nSPS) is 10.1. The van der Waals surface area contributed by atoms with E-state index >= 15 is 0 Å². The Morgan fingerprint density at radius 1 is 1.28 bits per heavy atom. The molecule has 2 aromatic rings.